The Morgan fingerprint density at radius 3 is 3.25 bits per heavy atom. The molecule has 3 rings (SSSR count). The summed E-state index contributed by atoms with van der Waals surface area (Å²) in [6.07, 6.45) is 6.06. The highest BCUT2D eigenvalue weighted by molar-refractivity contribution is 5.33. The second kappa shape index (κ2) is 2.04. The Morgan fingerprint density at radius 1 is 1.67 bits per heavy atom. The van der Waals surface area contributed by atoms with Crippen LogP contribution in [0.5, 0.6) is 0 Å². The molecule has 61 valence electrons. The van der Waals surface area contributed by atoms with Gasteiger partial charge in [-0.25, -0.2) is 0 Å². The van der Waals surface area contributed by atoms with E-state index >= 15 is 0 Å². The van der Waals surface area contributed by atoms with Crippen LogP contribution in [0.15, 0.2) is 12.3 Å². The van der Waals surface area contributed by atoms with Gasteiger partial charge in [-0.1, -0.05) is 0 Å². The number of aromatic nitrogens is 2. The highest BCUT2D eigenvalue weighted by atomic mass is 15.1. The molecular weight excluding hydrogens is 150 g/mol. The van der Waals surface area contributed by atoms with Crippen molar-refractivity contribution in [3.63, 3.8) is 0 Å². The van der Waals surface area contributed by atoms with E-state index in [-0.39, 0.29) is 0 Å². The average Bonchev–Trinajstić information content (AvgIpc) is 2.72. The molecular formula is C9H10N3. The first-order valence-electron chi connectivity index (χ1n) is 4.32. The van der Waals surface area contributed by atoms with Crippen LogP contribution in [0.3, 0.4) is 0 Å². The first kappa shape index (κ1) is 6.54. The van der Waals surface area contributed by atoms with E-state index in [1.54, 1.807) is 6.20 Å². The summed E-state index contributed by atoms with van der Waals surface area (Å²) in [6.45, 7) is 2.26. The van der Waals surface area contributed by atoms with E-state index in [9.17, 15) is 0 Å². The van der Waals surface area contributed by atoms with E-state index in [2.05, 4.69) is 21.7 Å². The third kappa shape index (κ3) is 0.693. The molecule has 1 N–H and O–H groups in total. The summed E-state index contributed by atoms with van der Waals surface area (Å²) >= 11 is 0. The third-order valence-electron chi connectivity index (χ3n) is 3.14. The lowest BCUT2D eigenvalue weighted by molar-refractivity contribution is 0.668. The van der Waals surface area contributed by atoms with Crippen LogP contribution >= 0.6 is 0 Å². The Kier molecular flexibility index (Phi) is 1.11. The van der Waals surface area contributed by atoms with Crippen LogP contribution in [0.4, 0.5) is 0 Å². The van der Waals surface area contributed by atoms with Gasteiger partial charge in [-0.2, -0.15) is 5.10 Å². The summed E-state index contributed by atoms with van der Waals surface area (Å²) in [5.74, 6) is 0.831. The van der Waals surface area contributed by atoms with Gasteiger partial charge in [0.15, 0.2) is 0 Å². The maximum Gasteiger partial charge on any atom is 0.117 e. The number of piperidine rings is 1. The van der Waals surface area contributed by atoms with Gasteiger partial charge in [0.1, 0.15) is 6.20 Å². The van der Waals surface area contributed by atoms with Crippen LogP contribution in [0, 0.1) is 12.1 Å². The van der Waals surface area contributed by atoms with Crippen molar-refractivity contribution in [3.05, 3.63) is 24.0 Å². The molecule has 0 bridgehead atoms. The first-order valence-corrected chi connectivity index (χ1v) is 4.32. The van der Waals surface area contributed by atoms with Crippen molar-refractivity contribution >= 4 is 0 Å². The van der Waals surface area contributed by atoms with E-state index in [0.29, 0.717) is 5.41 Å². The van der Waals surface area contributed by atoms with Crippen LogP contribution in [0.2, 0.25) is 0 Å². The van der Waals surface area contributed by atoms with Crippen molar-refractivity contribution in [2.75, 3.05) is 13.1 Å². The van der Waals surface area contributed by atoms with Crippen LogP contribution in [0.25, 0.3) is 0 Å². The molecule has 2 heterocycles. The number of hydrogen-bond donors (Lipinski definition) is 1. The number of nitrogens with zero attached hydrogens (tertiary/aromatic N) is 2. The van der Waals surface area contributed by atoms with Gasteiger partial charge in [0.25, 0.3) is 0 Å². The molecule has 1 aliphatic heterocycles. The topological polar surface area (TPSA) is 37.8 Å². The monoisotopic (exact) mass is 160 g/mol. The molecule has 2 fully saturated rings. The lowest BCUT2D eigenvalue weighted by Crippen LogP contribution is -2.19. The fourth-order valence-corrected chi connectivity index (χ4v) is 2.30. The van der Waals surface area contributed by atoms with Gasteiger partial charge in [-0.05, 0) is 30.5 Å². The van der Waals surface area contributed by atoms with Gasteiger partial charge < -0.3 is 5.32 Å². The maximum absolute atomic E-state index is 3.80. The quantitative estimate of drug-likeness (QED) is 0.635. The molecule has 3 heteroatoms. The van der Waals surface area contributed by atoms with E-state index in [0.717, 1.165) is 19.0 Å². The molecule has 1 aromatic heterocycles. The minimum atomic E-state index is 0.385. The normalized spacial score (nSPS) is 37.8. The number of rotatable bonds is 1. The minimum absolute atomic E-state index is 0.385. The van der Waals surface area contributed by atoms with E-state index in [1.807, 2.05) is 6.07 Å². The second-order valence-corrected chi connectivity index (χ2v) is 3.74. The molecule has 2 unspecified atom stereocenters. The molecule has 0 aromatic carbocycles. The first-order chi connectivity index (χ1) is 5.92. The summed E-state index contributed by atoms with van der Waals surface area (Å²) in [4.78, 5) is 0. The summed E-state index contributed by atoms with van der Waals surface area (Å²) in [5, 5.41) is 10.9. The van der Waals surface area contributed by atoms with Crippen molar-refractivity contribution < 1.29 is 0 Å². The Hall–Kier alpha value is -0.960. The third-order valence-corrected chi connectivity index (χ3v) is 3.14. The van der Waals surface area contributed by atoms with E-state index < -0.39 is 0 Å². The average molecular weight is 160 g/mol. The van der Waals surface area contributed by atoms with Gasteiger partial charge in [-0.15, -0.1) is 5.10 Å². The lowest BCUT2D eigenvalue weighted by Gasteiger charge is -2.09. The molecule has 1 saturated heterocycles. The van der Waals surface area contributed by atoms with Crippen LogP contribution in [-0.4, -0.2) is 23.3 Å². The van der Waals surface area contributed by atoms with Crippen molar-refractivity contribution in [2.24, 2.45) is 5.92 Å². The van der Waals surface area contributed by atoms with Gasteiger partial charge in [-0.3, -0.25) is 0 Å². The second-order valence-electron chi connectivity index (χ2n) is 3.74. The molecule has 2 aliphatic rings. The largest absolute Gasteiger partial charge is 0.316 e. The molecule has 0 spiro atoms. The molecule has 0 amide bonds. The number of hydrogen-bond acceptors (Lipinski definition) is 3. The van der Waals surface area contributed by atoms with Crippen molar-refractivity contribution in [3.8, 4) is 0 Å². The summed E-state index contributed by atoms with van der Waals surface area (Å²) in [5.41, 5.74) is 1.63. The van der Waals surface area contributed by atoms with Crippen molar-refractivity contribution in [1.82, 2.24) is 15.5 Å². The summed E-state index contributed by atoms with van der Waals surface area (Å²) in [6, 6.07) is 2.04. The summed E-state index contributed by atoms with van der Waals surface area (Å²) < 4.78 is 0. The highest BCUT2D eigenvalue weighted by Gasteiger charge is 2.58. The smallest absolute Gasteiger partial charge is 0.117 e. The molecule has 1 aliphatic carbocycles. The Labute approximate surface area is 71.2 Å². The SMILES string of the molecule is [c]1nnccc1C12CNCC1C2. The van der Waals surface area contributed by atoms with Gasteiger partial charge in [0.2, 0.25) is 0 Å². The van der Waals surface area contributed by atoms with Crippen LogP contribution in [0.1, 0.15) is 12.0 Å². The number of fused-ring (bicyclic) bond motifs is 1. The predicted molar refractivity (Wildman–Crippen MR) is 43.5 cm³/mol. The zero-order valence-corrected chi connectivity index (χ0v) is 6.75. The van der Waals surface area contributed by atoms with Crippen LogP contribution < -0.4 is 5.32 Å². The Morgan fingerprint density at radius 2 is 2.67 bits per heavy atom. The van der Waals surface area contributed by atoms with Crippen molar-refractivity contribution in [2.45, 2.75) is 11.8 Å². The standard InChI is InChI=1S/C9H10N3/c1-2-11-12-5-7(1)9-3-8(9)4-10-6-9/h1-2,8,10H,3-4,6H2. The fourth-order valence-electron chi connectivity index (χ4n) is 2.30. The molecule has 1 radical (unpaired) electrons. The number of nitrogens with one attached hydrogen (secondary N) is 1. The predicted octanol–water partition coefficient (Wildman–Crippen LogP) is 0.138. The van der Waals surface area contributed by atoms with E-state index in [1.165, 1.54) is 12.0 Å². The fraction of sp³-hybridized carbons (Fsp3) is 0.556. The maximum atomic E-state index is 3.80. The summed E-state index contributed by atoms with van der Waals surface area (Å²) in [7, 11) is 0. The zero-order chi connectivity index (χ0) is 8.02. The molecule has 3 nitrogen and oxygen atoms in total. The molecule has 1 aromatic rings. The van der Waals surface area contributed by atoms with Crippen molar-refractivity contribution in [1.29, 1.82) is 0 Å². The van der Waals surface area contributed by atoms with Gasteiger partial charge in [0, 0.05) is 18.2 Å². The van der Waals surface area contributed by atoms with Crippen LogP contribution in [-0.2, 0) is 5.41 Å². The lowest BCUT2D eigenvalue weighted by atomic mass is 9.98. The Bertz CT molecular complexity index is 298. The molecule has 12 heavy (non-hydrogen) atoms. The van der Waals surface area contributed by atoms with E-state index in [4.69, 9.17) is 0 Å². The van der Waals surface area contributed by atoms with Gasteiger partial charge >= 0.3 is 0 Å². The molecule has 2 atom stereocenters. The Balaban J connectivity index is 2.00. The minimum Gasteiger partial charge on any atom is -0.316 e. The highest BCUT2D eigenvalue weighted by Crippen LogP contribution is 2.55. The zero-order valence-electron chi connectivity index (χ0n) is 6.75. The molecule has 1 saturated carbocycles. The van der Waals surface area contributed by atoms with Gasteiger partial charge in [0.05, 0.1) is 0 Å².